The Bertz CT molecular complexity index is 643. The molecule has 0 aromatic heterocycles. The van der Waals surface area contributed by atoms with Crippen LogP contribution in [0.4, 0.5) is 5.69 Å². The molecule has 0 radical (unpaired) electrons. The van der Waals surface area contributed by atoms with Gasteiger partial charge in [0.2, 0.25) is 5.91 Å². The third-order valence-electron chi connectivity index (χ3n) is 3.26. The van der Waals surface area contributed by atoms with Gasteiger partial charge in [0, 0.05) is 21.1 Å². The number of carbonyl (C=O) groups is 1. The molecule has 2 aromatic rings. The second kappa shape index (κ2) is 6.62. The number of anilines is 1. The van der Waals surface area contributed by atoms with Gasteiger partial charge in [-0.3, -0.25) is 4.79 Å². The van der Waals surface area contributed by atoms with Crippen LogP contribution in [0.15, 0.2) is 57.5 Å². The second-order valence-corrected chi connectivity index (χ2v) is 6.97. The average Bonchev–Trinajstić information content (AvgIpc) is 2.41. The van der Waals surface area contributed by atoms with Crippen molar-refractivity contribution in [2.75, 3.05) is 5.32 Å². The lowest BCUT2D eigenvalue weighted by Crippen LogP contribution is -2.49. The summed E-state index contributed by atoms with van der Waals surface area (Å²) in [6.07, 6.45) is 0.516. The van der Waals surface area contributed by atoms with Crippen LogP contribution in [-0.2, 0) is 11.2 Å². The van der Waals surface area contributed by atoms with Gasteiger partial charge in [0.15, 0.2) is 0 Å². The first-order chi connectivity index (χ1) is 9.89. The predicted molar refractivity (Wildman–Crippen MR) is 93.2 cm³/mol. The van der Waals surface area contributed by atoms with Crippen molar-refractivity contribution in [1.29, 1.82) is 0 Å². The molecule has 2 rings (SSSR count). The van der Waals surface area contributed by atoms with E-state index in [4.69, 9.17) is 5.73 Å². The number of carbonyl (C=O) groups excluding carboxylic acids is 1. The topological polar surface area (TPSA) is 55.1 Å². The van der Waals surface area contributed by atoms with E-state index in [1.165, 1.54) is 0 Å². The highest BCUT2D eigenvalue weighted by Gasteiger charge is 2.31. The molecule has 0 saturated heterocycles. The molecule has 3 nitrogen and oxygen atoms in total. The Kier molecular flexibility index (Phi) is 5.06. The van der Waals surface area contributed by atoms with Crippen molar-refractivity contribution in [3.8, 4) is 0 Å². The summed E-state index contributed by atoms with van der Waals surface area (Å²) in [6, 6.07) is 15.5. The van der Waals surface area contributed by atoms with Gasteiger partial charge in [-0.05, 0) is 42.8 Å². The van der Waals surface area contributed by atoms with Crippen LogP contribution in [0.3, 0.4) is 0 Å². The molecule has 21 heavy (non-hydrogen) atoms. The Hall–Kier alpha value is -1.33. The van der Waals surface area contributed by atoms with Crippen molar-refractivity contribution in [2.24, 2.45) is 5.73 Å². The third-order valence-corrected chi connectivity index (χ3v) is 4.28. The van der Waals surface area contributed by atoms with Crippen molar-refractivity contribution in [1.82, 2.24) is 0 Å². The summed E-state index contributed by atoms with van der Waals surface area (Å²) in [6.45, 7) is 1.82. The molecule has 0 heterocycles. The highest BCUT2D eigenvalue weighted by atomic mass is 79.9. The van der Waals surface area contributed by atoms with Gasteiger partial charge in [-0.25, -0.2) is 0 Å². The minimum Gasteiger partial charge on any atom is -0.371 e. The zero-order chi connectivity index (χ0) is 15.5. The molecule has 2 aromatic carbocycles. The van der Waals surface area contributed by atoms with Crippen LogP contribution in [0.25, 0.3) is 0 Å². The maximum Gasteiger partial charge on any atom is 0.243 e. The van der Waals surface area contributed by atoms with Crippen LogP contribution in [0, 0.1) is 0 Å². The van der Waals surface area contributed by atoms with Crippen molar-refractivity contribution in [3.63, 3.8) is 0 Å². The Morgan fingerprint density at radius 1 is 1.14 bits per heavy atom. The number of nitrogens with two attached hydrogens (primary N) is 1. The van der Waals surface area contributed by atoms with Crippen molar-refractivity contribution >= 4 is 43.5 Å². The van der Waals surface area contributed by atoms with E-state index in [0.29, 0.717) is 6.42 Å². The lowest BCUT2D eigenvalue weighted by atomic mass is 9.91. The van der Waals surface area contributed by atoms with Gasteiger partial charge in [0.25, 0.3) is 0 Å². The molecule has 5 heteroatoms. The molecule has 0 spiro atoms. The lowest BCUT2D eigenvalue weighted by Gasteiger charge is -2.29. The van der Waals surface area contributed by atoms with Gasteiger partial charge in [-0.2, -0.15) is 0 Å². The molecule has 0 saturated carbocycles. The van der Waals surface area contributed by atoms with Crippen LogP contribution >= 0.6 is 31.9 Å². The van der Waals surface area contributed by atoms with Crippen LogP contribution in [0.2, 0.25) is 0 Å². The van der Waals surface area contributed by atoms with Crippen molar-refractivity contribution < 1.29 is 4.79 Å². The van der Waals surface area contributed by atoms with Gasteiger partial charge in [0.1, 0.15) is 5.54 Å². The van der Waals surface area contributed by atoms with Crippen LogP contribution in [-0.4, -0.2) is 11.4 Å². The number of nitrogens with one attached hydrogen (secondary N) is 1. The molecule has 0 aliphatic carbocycles. The van der Waals surface area contributed by atoms with E-state index in [0.717, 1.165) is 20.2 Å². The first-order valence-corrected chi connectivity index (χ1v) is 8.06. The first kappa shape index (κ1) is 16.0. The van der Waals surface area contributed by atoms with Gasteiger partial charge in [-0.15, -0.1) is 0 Å². The summed E-state index contributed by atoms with van der Waals surface area (Å²) in [5, 5.41) is 3.24. The molecule has 0 fully saturated rings. The summed E-state index contributed by atoms with van der Waals surface area (Å²) in [5.41, 5.74) is 6.65. The van der Waals surface area contributed by atoms with E-state index in [2.05, 4.69) is 37.2 Å². The monoisotopic (exact) mass is 410 g/mol. The number of hydrogen-bond donors (Lipinski definition) is 2. The summed E-state index contributed by atoms with van der Waals surface area (Å²) in [7, 11) is 0. The number of primary amides is 1. The SMILES string of the molecule is CC(Cc1ccc(Br)cc1)(Nc1cccc(Br)c1)C(N)=O. The summed E-state index contributed by atoms with van der Waals surface area (Å²) in [5.74, 6) is -0.384. The number of rotatable bonds is 5. The van der Waals surface area contributed by atoms with Gasteiger partial charge in [-0.1, -0.05) is 50.1 Å². The number of amides is 1. The minimum absolute atomic E-state index is 0.384. The van der Waals surface area contributed by atoms with Crippen LogP contribution in [0.1, 0.15) is 12.5 Å². The highest BCUT2D eigenvalue weighted by Crippen LogP contribution is 2.23. The van der Waals surface area contributed by atoms with Gasteiger partial charge < -0.3 is 11.1 Å². The minimum atomic E-state index is -0.853. The third kappa shape index (κ3) is 4.32. The molecule has 1 amide bonds. The molecule has 1 unspecified atom stereocenters. The Morgan fingerprint density at radius 2 is 1.81 bits per heavy atom. The quantitative estimate of drug-likeness (QED) is 0.777. The van der Waals surface area contributed by atoms with Crippen molar-refractivity contribution in [3.05, 3.63) is 63.0 Å². The zero-order valence-corrected chi connectivity index (χ0v) is 14.7. The normalized spacial score (nSPS) is 13.5. The van der Waals surface area contributed by atoms with Crippen LogP contribution < -0.4 is 11.1 Å². The fraction of sp³-hybridized carbons (Fsp3) is 0.188. The molecular weight excluding hydrogens is 396 g/mol. The van der Waals surface area contributed by atoms with E-state index in [1.54, 1.807) is 0 Å². The maximum absolute atomic E-state index is 11.9. The summed E-state index contributed by atoms with van der Waals surface area (Å²) >= 11 is 6.82. The largest absolute Gasteiger partial charge is 0.371 e. The van der Waals surface area contributed by atoms with Gasteiger partial charge in [0.05, 0.1) is 0 Å². The molecule has 3 N–H and O–H groups in total. The maximum atomic E-state index is 11.9. The highest BCUT2D eigenvalue weighted by molar-refractivity contribution is 9.10. The Morgan fingerprint density at radius 3 is 2.38 bits per heavy atom. The predicted octanol–water partition coefficient (Wildman–Crippen LogP) is 4.11. The molecule has 1 atom stereocenters. The van der Waals surface area contributed by atoms with Crippen molar-refractivity contribution in [2.45, 2.75) is 18.9 Å². The van der Waals surface area contributed by atoms with E-state index in [9.17, 15) is 4.79 Å². The van der Waals surface area contributed by atoms with Gasteiger partial charge >= 0.3 is 0 Å². The average molecular weight is 412 g/mol. The molecule has 0 bridgehead atoms. The van der Waals surface area contributed by atoms with E-state index in [-0.39, 0.29) is 5.91 Å². The fourth-order valence-corrected chi connectivity index (χ4v) is 2.75. The first-order valence-electron chi connectivity index (χ1n) is 6.47. The van der Waals surface area contributed by atoms with E-state index in [1.807, 2.05) is 55.5 Å². The molecule has 0 aliphatic rings. The smallest absolute Gasteiger partial charge is 0.243 e. The molecular formula is C16H16Br2N2O. The number of hydrogen-bond acceptors (Lipinski definition) is 2. The Labute approximate surface area is 141 Å². The lowest BCUT2D eigenvalue weighted by molar-refractivity contribution is -0.121. The van der Waals surface area contributed by atoms with Crippen LogP contribution in [0.5, 0.6) is 0 Å². The molecule has 110 valence electrons. The number of benzene rings is 2. The fourth-order valence-electron chi connectivity index (χ4n) is 2.09. The zero-order valence-electron chi connectivity index (χ0n) is 11.6. The molecule has 0 aliphatic heterocycles. The summed E-state index contributed by atoms with van der Waals surface area (Å²) in [4.78, 5) is 11.9. The van der Waals surface area contributed by atoms with E-state index >= 15 is 0 Å². The second-order valence-electron chi connectivity index (χ2n) is 5.13. The Balaban J connectivity index is 2.23. The number of halogens is 2. The van der Waals surface area contributed by atoms with E-state index < -0.39 is 5.54 Å². The standard InChI is InChI=1S/C16H16Br2N2O/c1-16(15(19)21,10-11-5-7-12(17)8-6-11)20-14-4-2-3-13(18)9-14/h2-9,20H,10H2,1H3,(H2,19,21). The summed E-state index contributed by atoms with van der Waals surface area (Å²) < 4.78 is 1.95.